The van der Waals surface area contributed by atoms with E-state index in [0.717, 1.165) is 5.52 Å². The first-order valence-corrected chi connectivity index (χ1v) is 5.69. The summed E-state index contributed by atoms with van der Waals surface area (Å²) in [5.41, 5.74) is 1.72. The Morgan fingerprint density at radius 3 is 2.68 bits per heavy atom. The average Bonchev–Trinajstić information content (AvgIpc) is 2.76. The number of fused-ring (bicyclic) bond motifs is 1. The maximum atomic E-state index is 11.8. The number of ketones is 2. The highest BCUT2D eigenvalue weighted by Gasteiger charge is 2.18. The maximum absolute atomic E-state index is 11.8. The molecule has 0 atom stereocenters. The van der Waals surface area contributed by atoms with Gasteiger partial charge in [0.05, 0.1) is 23.8 Å². The summed E-state index contributed by atoms with van der Waals surface area (Å²) >= 11 is 0. The third-order valence-electron chi connectivity index (χ3n) is 2.81. The largest absolute Gasteiger partial charge is 0.481 e. The number of carbonyl (C=O) groups is 3. The van der Waals surface area contributed by atoms with Crippen LogP contribution in [0.15, 0.2) is 24.5 Å². The van der Waals surface area contributed by atoms with Crippen molar-refractivity contribution in [1.82, 2.24) is 9.55 Å². The molecule has 0 fully saturated rings. The molecule has 0 spiro atoms. The Balaban J connectivity index is 2.21. The summed E-state index contributed by atoms with van der Waals surface area (Å²) in [6.07, 6.45) is 0.996. The molecule has 0 aliphatic rings. The number of aromatic nitrogens is 2. The van der Waals surface area contributed by atoms with Gasteiger partial charge in [-0.25, -0.2) is 4.98 Å². The molecule has 0 amide bonds. The number of Topliss-reactive ketones (excluding diaryl/α,β-unsaturated/α-hetero) is 2. The highest BCUT2D eigenvalue weighted by Crippen LogP contribution is 2.15. The molecule has 2 rings (SSSR count). The van der Waals surface area contributed by atoms with Crippen LogP contribution in [0.2, 0.25) is 0 Å². The summed E-state index contributed by atoms with van der Waals surface area (Å²) in [6, 6.07) is 4.79. The van der Waals surface area contributed by atoms with Crippen LogP contribution in [0.3, 0.4) is 0 Å². The quantitative estimate of drug-likeness (QED) is 0.644. The summed E-state index contributed by atoms with van der Waals surface area (Å²) in [5.74, 6) is -2.46. The van der Waals surface area contributed by atoms with Crippen molar-refractivity contribution in [3.05, 3.63) is 30.1 Å². The van der Waals surface area contributed by atoms with Crippen LogP contribution < -0.4 is 0 Å². The van der Waals surface area contributed by atoms with Crippen LogP contribution >= 0.6 is 0 Å². The summed E-state index contributed by atoms with van der Waals surface area (Å²) in [4.78, 5) is 37.8. The lowest BCUT2D eigenvalue weighted by molar-refractivity contribution is -0.138. The highest BCUT2D eigenvalue weighted by molar-refractivity contribution is 6.44. The SMILES string of the molecule is Cn1cnc2cc(C(=O)C(=O)CCC(=O)O)ccc21. The number of hydrogen-bond acceptors (Lipinski definition) is 4. The van der Waals surface area contributed by atoms with Gasteiger partial charge in [0.15, 0.2) is 0 Å². The molecule has 98 valence electrons. The Morgan fingerprint density at radius 2 is 2.00 bits per heavy atom. The van der Waals surface area contributed by atoms with Gasteiger partial charge in [-0.15, -0.1) is 0 Å². The van der Waals surface area contributed by atoms with Crippen LogP contribution in [0, 0.1) is 0 Å². The summed E-state index contributed by atoms with van der Waals surface area (Å²) < 4.78 is 1.80. The van der Waals surface area contributed by atoms with Gasteiger partial charge in [-0.1, -0.05) is 0 Å². The predicted octanol–water partition coefficient (Wildman–Crippen LogP) is 1.19. The Hall–Kier alpha value is -2.50. The van der Waals surface area contributed by atoms with Crippen LogP contribution in [0.5, 0.6) is 0 Å². The van der Waals surface area contributed by atoms with Crippen LogP contribution in [-0.2, 0) is 16.6 Å². The zero-order valence-electron chi connectivity index (χ0n) is 10.3. The van der Waals surface area contributed by atoms with Crippen molar-refractivity contribution >= 4 is 28.6 Å². The summed E-state index contributed by atoms with van der Waals surface area (Å²) in [7, 11) is 1.83. The van der Waals surface area contributed by atoms with Crippen LogP contribution in [-0.4, -0.2) is 32.2 Å². The van der Waals surface area contributed by atoms with E-state index < -0.39 is 17.5 Å². The number of hydrogen-bond donors (Lipinski definition) is 1. The van der Waals surface area contributed by atoms with Crippen molar-refractivity contribution in [2.24, 2.45) is 7.05 Å². The molecule has 1 aromatic heterocycles. The van der Waals surface area contributed by atoms with E-state index in [1.807, 2.05) is 7.05 Å². The molecule has 6 nitrogen and oxygen atoms in total. The molecule has 0 saturated heterocycles. The lowest BCUT2D eigenvalue weighted by atomic mass is 10.0. The van der Waals surface area contributed by atoms with E-state index in [9.17, 15) is 14.4 Å². The summed E-state index contributed by atoms with van der Waals surface area (Å²) in [5, 5.41) is 8.48. The average molecular weight is 260 g/mol. The number of aliphatic carboxylic acids is 1. The van der Waals surface area contributed by atoms with Crippen molar-refractivity contribution in [1.29, 1.82) is 0 Å². The zero-order valence-corrected chi connectivity index (χ0v) is 10.3. The van der Waals surface area contributed by atoms with Gasteiger partial charge in [-0.3, -0.25) is 14.4 Å². The number of imidazole rings is 1. The fourth-order valence-corrected chi connectivity index (χ4v) is 1.77. The van der Waals surface area contributed by atoms with E-state index in [1.165, 1.54) is 6.07 Å². The molecule has 0 bridgehead atoms. The molecule has 6 heteroatoms. The van der Waals surface area contributed by atoms with Crippen LogP contribution in [0.1, 0.15) is 23.2 Å². The Labute approximate surface area is 108 Å². The van der Waals surface area contributed by atoms with Gasteiger partial charge in [0, 0.05) is 19.0 Å². The minimum atomic E-state index is -1.10. The maximum Gasteiger partial charge on any atom is 0.303 e. The Kier molecular flexibility index (Phi) is 3.41. The van der Waals surface area contributed by atoms with Crippen molar-refractivity contribution in [2.75, 3.05) is 0 Å². The number of carbonyl (C=O) groups excluding carboxylic acids is 2. The monoisotopic (exact) mass is 260 g/mol. The smallest absolute Gasteiger partial charge is 0.303 e. The van der Waals surface area contributed by atoms with E-state index >= 15 is 0 Å². The topological polar surface area (TPSA) is 89.3 Å². The minimum absolute atomic E-state index is 0.238. The van der Waals surface area contributed by atoms with E-state index in [4.69, 9.17) is 5.11 Å². The molecular weight excluding hydrogens is 248 g/mol. The first-order valence-electron chi connectivity index (χ1n) is 5.69. The first kappa shape index (κ1) is 12.9. The number of carboxylic acids is 1. The fraction of sp³-hybridized carbons (Fsp3) is 0.231. The predicted molar refractivity (Wildman–Crippen MR) is 66.9 cm³/mol. The first-order chi connectivity index (χ1) is 8.99. The van der Waals surface area contributed by atoms with Crippen molar-refractivity contribution in [3.63, 3.8) is 0 Å². The molecule has 0 aliphatic heterocycles. The standard InChI is InChI=1S/C13H12N2O4/c1-15-7-14-9-6-8(2-3-10(9)15)13(19)11(16)4-5-12(17)18/h2-3,6-7H,4-5H2,1H3,(H,17,18). The number of aryl methyl sites for hydroxylation is 1. The van der Waals surface area contributed by atoms with Gasteiger partial charge in [-0.2, -0.15) is 0 Å². The van der Waals surface area contributed by atoms with Gasteiger partial charge in [-0.05, 0) is 18.2 Å². The molecule has 0 radical (unpaired) electrons. The second kappa shape index (κ2) is 5.01. The molecule has 1 aromatic carbocycles. The van der Waals surface area contributed by atoms with Crippen LogP contribution in [0.25, 0.3) is 11.0 Å². The van der Waals surface area contributed by atoms with E-state index in [2.05, 4.69) is 4.98 Å². The van der Waals surface area contributed by atoms with Crippen molar-refractivity contribution in [2.45, 2.75) is 12.8 Å². The van der Waals surface area contributed by atoms with E-state index in [-0.39, 0.29) is 18.4 Å². The number of carboxylic acid groups (broad SMARTS) is 1. The Morgan fingerprint density at radius 1 is 1.26 bits per heavy atom. The number of benzene rings is 1. The van der Waals surface area contributed by atoms with Crippen LogP contribution in [0.4, 0.5) is 0 Å². The number of rotatable bonds is 5. The van der Waals surface area contributed by atoms with Gasteiger partial charge in [0.25, 0.3) is 0 Å². The zero-order chi connectivity index (χ0) is 14.0. The second-order valence-corrected chi connectivity index (χ2v) is 4.21. The third kappa shape index (κ3) is 2.67. The molecule has 1 heterocycles. The normalized spacial score (nSPS) is 10.6. The van der Waals surface area contributed by atoms with Gasteiger partial charge >= 0.3 is 5.97 Å². The van der Waals surface area contributed by atoms with Gasteiger partial charge in [0.1, 0.15) is 0 Å². The Bertz CT molecular complexity index is 672. The van der Waals surface area contributed by atoms with E-state index in [0.29, 0.717) is 5.52 Å². The fourth-order valence-electron chi connectivity index (χ4n) is 1.77. The lowest BCUT2D eigenvalue weighted by Gasteiger charge is -2.00. The van der Waals surface area contributed by atoms with E-state index in [1.54, 1.807) is 23.0 Å². The van der Waals surface area contributed by atoms with Crippen molar-refractivity contribution in [3.8, 4) is 0 Å². The molecule has 0 aliphatic carbocycles. The molecule has 2 aromatic rings. The minimum Gasteiger partial charge on any atom is -0.481 e. The number of nitrogens with zero attached hydrogens (tertiary/aromatic N) is 2. The third-order valence-corrected chi connectivity index (χ3v) is 2.81. The second-order valence-electron chi connectivity index (χ2n) is 4.21. The summed E-state index contributed by atoms with van der Waals surface area (Å²) in [6.45, 7) is 0. The van der Waals surface area contributed by atoms with Gasteiger partial charge in [0.2, 0.25) is 11.6 Å². The molecular formula is C13H12N2O4. The lowest BCUT2D eigenvalue weighted by Crippen LogP contribution is -2.15. The van der Waals surface area contributed by atoms with Gasteiger partial charge < -0.3 is 9.67 Å². The molecule has 1 N–H and O–H groups in total. The van der Waals surface area contributed by atoms with Crippen molar-refractivity contribution < 1.29 is 19.5 Å². The molecule has 0 saturated carbocycles. The molecule has 19 heavy (non-hydrogen) atoms. The highest BCUT2D eigenvalue weighted by atomic mass is 16.4. The molecule has 0 unspecified atom stereocenters.